The Hall–Kier alpha value is -6.12. The maximum absolute atomic E-state index is 2.58. The highest BCUT2D eigenvalue weighted by molar-refractivity contribution is 5.91. The molecule has 4 aliphatic carbocycles. The Morgan fingerprint density at radius 3 is 1.44 bits per heavy atom. The van der Waals surface area contributed by atoms with Crippen LogP contribution >= 0.6 is 0 Å². The van der Waals surface area contributed by atoms with Gasteiger partial charge in [0.1, 0.15) is 0 Å². The summed E-state index contributed by atoms with van der Waals surface area (Å²) in [7, 11) is 0. The second-order valence-corrected chi connectivity index (χ2v) is 19.9. The van der Waals surface area contributed by atoms with Crippen molar-refractivity contribution in [3.63, 3.8) is 0 Å². The van der Waals surface area contributed by atoms with Gasteiger partial charge in [-0.05, 0) is 153 Å². The first-order valence-electron chi connectivity index (χ1n) is 23.5. The van der Waals surface area contributed by atoms with Crippen LogP contribution in [0.2, 0.25) is 0 Å². The highest BCUT2D eigenvalue weighted by Gasteiger charge is 2.47. The lowest BCUT2D eigenvalue weighted by Gasteiger charge is -2.42. The average molecular weight is 803 g/mol. The van der Waals surface area contributed by atoms with Crippen LogP contribution in [-0.4, -0.2) is 6.54 Å². The third kappa shape index (κ3) is 5.10. The van der Waals surface area contributed by atoms with Crippen molar-refractivity contribution in [1.82, 2.24) is 0 Å². The van der Waals surface area contributed by atoms with Gasteiger partial charge in [-0.2, -0.15) is 0 Å². The molecule has 2 aliphatic heterocycles. The Bertz CT molecular complexity index is 2950. The van der Waals surface area contributed by atoms with Gasteiger partial charge in [0.15, 0.2) is 0 Å². The standard InChI is InChI=1S/C60H54N2/c1-58(2)49-16-4-7-19-56(49)62(57-20-8-5-17-50(57)58)44-26-30-48-46-28-24-41(37-52(46)60(54(48)39-44)33-11-12-34-60)22-21-40-23-27-45-47-29-25-43(61-35-13-15-42-14-3-6-18-55(42)61)38-53(47)59(51(45)36-40)31-9-10-32-59/h3-8,14,16-30,36-39H,9-13,15,31-35H2,1-2H3/b22-21+. The lowest BCUT2D eigenvalue weighted by atomic mass is 9.73. The summed E-state index contributed by atoms with van der Waals surface area (Å²) in [5, 5.41) is 0. The van der Waals surface area contributed by atoms with Gasteiger partial charge < -0.3 is 9.80 Å². The van der Waals surface area contributed by atoms with Crippen molar-refractivity contribution in [1.29, 1.82) is 0 Å². The van der Waals surface area contributed by atoms with E-state index in [2.05, 4.69) is 181 Å². The normalized spacial score (nSPS) is 19.0. The Labute approximate surface area is 367 Å². The number of fused-ring (bicyclic) bond motifs is 13. The Balaban J connectivity index is 0.839. The summed E-state index contributed by atoms with van der Waals surface area (Å²) >= 11 is 0. The van der Waals surface area contributed by atoms with Crippen LogP contribution in [0.4, 0.5) is 28.4 Å². The first-order chi connectivity index (χ1) is 30.4. The molecular formula is C60H54N2. The van der Waals surface area contributed by atoms with Crippen molar-refractivity contribution in [2.45, 2.75) is 94.3 Å². The van der Waals surface area contributed by atoms with E-state index in [-0.39, 0.29) is 16.2 Å². The van der Waals surface area contributed by atoms with Crippen molar-refractivity contribution in [2.75, 3.05) is 16.3 Å². The highest BCUT2D eigenvalue weighted by Crippen LogP contribution is 2.60. The molecule has 304 valence electrons. The molecule has 0 unspecified atom stereocenters. The van der Waals surface area contributed by atoms with E-state index in [1.54, 1.807) is 11.1 Å². The molecule has 0 bridgehead atoms. The minimum atomic E-state index is -0.0687. The van der Waals surface area contributed by atoms with Crippen LogP contribution in [0.25, 0.3) is 34.4 Å². The Kier molecular flexibility index (Phi) is 7.92. The summed E-state index contributed by atoms with van der Waals surface area (Å²) in [4.78, 5) is 5.11. The molecule has 0 aromatic heterocycles. The molecule has 7 aromatic carbocycles. The molecule has 2 saturated carbocycles. The second kappa shape index (κ2) is 13.4. The fraction of sp³-hybridized carbons (Fsp3) is 0.267. The first-order valence-corrected chi connectivity index (χ1v) is 23.5. The molecule has 6 aliphatic rings. The number of hydrogen-bond donors (Lipinski definition) is 0. The zero-order valence-electron chi connectivity index (χ0n) is 36.2. The van der Waals surface area contributed by atoms with E-state index in [9.17, 15) is 0 Å². The molecule has 2 heterocycles. The number of para-hydroxylation sites is 3. The minimum absolute atomic E-state index is 0.0575. The molecule has 0 N–H and O–H groups in total. The summed E-state index contributed by atoms with van der Waals surface area (Å²) in [6.45, 7) is 5.84. The smallest absolute Gasteiger partial charge is 0.0502 e. The van der Waals surface area contributed by atoms with Crippen LogP contribution in [0, 0.1) is 0 Å². The lowest BCUT2D eigenvalue weighted by Crippen LogP contribution is -2.30. The van der Waals surface area contributed by atoms with Gasteiger partial charge in [0, 0.05) is 39.9 Å². The SMILES string of the molecule is CC1(C)c2ccccc2N(c2ccc3c(c2)C2(CCCC2)c2cc(/C=C/c4ccc5c(c4)C4(CCCC4)c4cc(N6CCCc7ccccc76)ccc4-5)ccc2-3)c2ccccc21. The molecule has 0 saturated heterocycles. The van der Waals surface area contributed by atoms with Gasteiger partial charge in [-0.3, -0.25) is 0 Å². The van der Waals surface area contributed by atoms with Crippen molar-refractivity contribution in [3.8, 4) is 22.3 Å². The van der Waals surface area contributed by atoms with Gasteiger partial charge in [0.2, 0.25) is 0 Å². The van der Waals surface area contributed by atoms with E-state index in [1.807, 2.05) is 0 Å². The van der Waals surface area contributed by atoms with E-state index in [0.717, 1.165) is 6.54 Å². The Morgan fingerprint density at radius 1 is 0.419 bits per heavy atom. The molecule has 13 rings (SSSR count). The number of benzene rings is 7. The van der Waals surface area contributed by atoms with Gasteiger partial charge >= 0.3 is 0 Å². The number of hydrogen-bond acceptors (Lipinski definition) is 2. The second-order valence-electron chi connectivity index (χ2n) is 19.9. The molecule has 2 spiro atoms. The predicted octanol–water partition coefficient (Wildman–Crippen LogP) is 15.7. The topological polar surface area (TPSA) is 6.48 Å². The lowest BCUT2D eigenvalue weighted by molar-refractivity contribution is 0.549. The first kappa shape index (κ1) is 36.5. The van der Waals surface area contributed by atoms with E-state index < -0.39 is 0 Å². The largest absolute Gasteiger partial charge is 0.341 e. The van der Waals surface area contributed by atoms with Crippen LogP contribution in [0.1, 0.15) is 122 Å². The van der Waals surface area contributed by atoms with Crippen LogP contribution in [0.3, 0.4) is 0 Å². The quantitative estimate of drug-likeness (QED) is 0.164. The summed E-state index contributed by atoms with van der Waals surface area (Å²) in [5.41, 5.74) is 25.5. The number of nitrogens with zero attached hydrogens (tertiary/aromatic N) is 2. The number of rotatable bonds is 4. The molecule has 2 nitrogen and oxygen atoms in total. The summed E-state index contributed by atoms with van der Waals surface area (Å²) in [6, 6.07) is 56.6. The monoisotopic (exact) mass is 802 g/mol. The van der Waals surface area contributed by atoms with Gasteiger partial charge in [0.25, 0.3) is 0 Å². The van der Waals surface area contributed by atoms with Gasteiger partial charge in [0.05, 0.1) is 11.4 Å². The summed E-state index contributed by atoms with van der Waals surface area (Å²) < 4.78 is 0. The molecule has 62 heavy (non-hydrogen) atoms. The minimum Gasteiger partial charge on any atom is -0.341 e. The maximum atomic E-state index is 2.58. The molecule has 0 radical (unpaired) electrons. The van der Waals surface area contributed by atoms with Crippen LogP contribution in [-0.2, 0) is 22.7 Å². The van der Waals surface area contributed by atoms with E-state index in [0.29, 0.717) is 0 Å². The van der Waals surface area contributed by atoms with Crippen molar-refractivity contribution >= 4 is 40.6 Å². The van der Waals surface area contributed by atoms with Crippen LogP contribution in [0.15, 0.2) is 146 Å². The highest BCUT2D eigenvalue weighted by atomic mass is 15.2. The van der Waals surface area contributed by atoms with E-state index >= 15 is 0 Å². The van der Waals surface area contributed by atoms with Crippen molar-refractivity contribution in [2.24, 2.45) is 0 Å². The fourth-order valence-corrected chi connectivity index (χ4v) is 13.5. The van der Waals surface area contributed by atoms with Crippen molar-refractivity contribution < 1.29 is 0 Å². The van der Waals surface area contributed by atoms with Crippen LogP contribution < -0.4 is 9.80 Å². The molecule has 2 fully saturated rings. The summed E-state index contributed by atoms with van der Waals surface area (Å²) in [5.74, 6) is 0. The maximum Gasteiger partial charge on any atom is 0.0502 e. The number of aryl methyl sites for hydroxylation is 1. The van der Waals surface area contributed by atoms with E-state index in [4.69, 9.17) is 0 Å². The Morgan fingerprint density at radius 2 is 0.871 bits per heavy atom. The average Bonchev–Trinajstić information content (AvgIpc) is 4.12. The molecule has 2 heteroatoms. The third-order valence-electron chi connectivity index (χ3n) is 16.4. The predicted molar refractivity (Wildman–Crippen MR) is 260 cm³/mol. The third-order valence-corrected chi connectivity index (χ3v) is 16.4. The van der Waals surface area contributed by atoms with Gasteiger partial charge in [-0.25, -0.2) is 0 Å². The number of anilines is 5. The molecular weight excluding hydrogens is 749 g/mol. The van der Waals surface area contributed by atoms with E-state index in [1.165, 1.54) is 154 Å². The fourth-order valence-electron chi connectivity index (χ4n) is 13.5. The zero-order chi connectivity index (χ0) is 41.2. The van der Waals surface area contributed by atoms with Crippen molar-refractivity contribution in [3.05, 3.63) is 196 Å². The molecule has 0 amide bonds. The zero-order valence-corrected chi connectivity index (χ0v) is 36.2. The van der Waals surface area contributed by atoms with Gasteiger partial charge in [-0.15, -0.1) is 0 Å². The van der Waals surface area contributed by atoms with Gasteiger partial charge in [-0.1, -0.05) is 155 Å². The van der Waals surface area contributed by atoms with Crippen LogP contribution in [0.5, 0.6) is 0 Å². The molecule has 7 aromatic rings. The summed E-state index contributed by atoms with van der Waals surface area (Å²) in [6.07, 6.45) is 17.2. The molecule has 0 atom stereocenters.